The molecule has 2 heterocycles. The zero-order valence-electron chi connectivity index (χ0n) is 25.3. The number of aromatic nitrogens is 1. The predicted molar refractivity (Wildman–Crippen MR) is 190 cm³/mol. The van der Waals surface area contributed by atoms with E-state index in [2.05, 4.69) is 131 Å². The van der Waals surface area contributed by atoms with E-state index in [4.69, 9.17) is 4.99 Å². The van der Waals surface area contributed by atoms with Gasteiger partial charge in [-0.25, -0.2) is 0 Å². The van der Waals surface area contributed by atoms with Crippen LogP contribution in [0.3, 0.4) is 0 Å². The molecule has 2 unspecified atom stereocenters. The summed E-state index contributed by atoms with van der Waals surface area (Å²) >= 11 is 0. The summed E-state index contributed by atoms with van der Waals surface area (Å²) in [6, 6.07) is 34.2. The number of hydrogen-bond donors (Lipinski definition) is 1. The first-order chi connectivity index (χ1) is 22.2. The van der Waals surface area contributed by atoms with Crippen molar-refractivity contribution in [2.24, 2.45) is 10.9 Å². The molecule has 0 amide bonds. The summed E-state index contributed by atoms with van der Waals surface area (Å²) < 4.78 is 2.29. The van der Waals surface area contributed by atoms with Crippen LogP contribution >= 0.6 is 0 Å². The van der Waals surface area contributed by atoms with Crippen molar-refractivity contribution in [3.8, 4) is 5.69 Å². The van der Waals surface area contributed by atoms with Crippen LogP contribution in [-0.4, -0.2) is 22.5 Å². The first-order valence-corrected chi connectivity index (χ1v) is 15.7. The third kappa shape index (κ3) is 4.61. The average molecular weight is 583 g/mol. The number of nitrogens with one attached hydrogen (secondary N) is 1. The number of rotatable bonds is 6. The minimum absolute atomic E-state index is 0.280. The second-order valence-corrected chi connectivity index (χ2v) is 11.8. The maximum absolute atomic E-state index is 9.19. The Kier molecular flexibility index (Phi) is 6.76. The lowest BCUT2D eigenvalue weighted by Crippen LogP contribution is -2.32. The van der Waals surface area contributed by atoms with Gasteiger partial charge in [0.2, 0.25) is 0 Å². The zero-order chi connectivity index (χ0) is 30.3. The van der Waals surface area contributed by atoms with E-state index >= 15 is 0 Å². The van der Waals surface area contributed by atoms with Crippen LogP contribution < -0.4 is 4.90 Å². The van der Waals surface area contributed by atoms with Crippen molar-refractivity contribution in [3.63, 3.8) is 0 Å². The number of fused-ring (bicyclic) bond motifs is 5. The molecule has 1 N–H and O–H groups in total. The molecular formula is C41H34N4. The maximum atomic E-state index is 9.19. The summed E-state index contributed by atoms with van der Waals surface area (Å²) in [6.45, 7) is 1.93. The molecule has 8 rings (SSSR count). The van der Waals surface area contributed by atoms with Crippen molar-refractivity contribution in [2.75, 3.05) is 4.90 Å². The SMILES string of the molecule is CC=N/C(=C\C(=N)c1cccc(-n2c3ccccc3c3ccccc32)c1)c1cccc(N2C3=C(CCC=C3)C3C=CC=CC32)c1. The second-order valence-electron chi connectivity index (χ2n) is 11.8. The lowest BCUT2D eigenvalue weighted by Gasteiger charge is -2.30. The monoisotopic (exact) mass is 582 g/mol. The molecule has 4 aromatic carbocycles. The smallest absolute Gasteiger partial charge is 0.0720 e. The molecule has 0 bridgehead atoms. The quantitative estimate of drug-likeness (QED) is 0.199. The second kappa shape index (κ2) is 11.2. The highest BCUT2D eigenvalue weighted by molar-refractivity contribution is 6.12. The summed E-state index contributed by atoms with van der Waals surface area (Å²) in [4.78, 5) is 7.24. The highest BCUT2D eigenvalue weighted by Gasteiger charge is 2.38. The normalized spacial score (nSPS) is 19.2. The van der Waals surface area contributed by atoms with Gasteiger partial charge in [-0.1, -0.05) is 91.0 Å². The van der Waals surface area contributed by atoms with E-state index in [9.17, 15) is 5.41 Å². The Labute approximate surface area is 263 Å². The van der Waals surface area contributed by atoms with Crippen LogP contribution in [0.5, 0.6) is 0 Å². The number of hydrogen-bond acceptors (Lipinski definition) is 3. The molecule has 0 radical (unpaired) electrons. The number of allylic oxidation sites excluding steroid dienone is 5. The van der Waals surface area contributed by atoms with Crippen molar-refractivity contribution in [1.82, 2.24) is 4.57 Å². The van der Waals surface area contributed by atoms with Crippen molar-refractivity contribution in [1.29, 1.82) is 5.41 Å². The molecule has 2 atom stereocenters. The third-order valence-corrected chi connectivity index (χ3v) is 9.22. The summed E-state index contributed by atoms with van der Waals surface area (Å²) in [7, 11) is 0. The van der Waals surface area contributed by atoms with Gasteiger partial charge in [0.25, 0.3) is 0 Å². The molecule has 0 fully saturated rings. The number of nitrogens with zero attached hydrogens (tertiary/aromatic N) is 3. The molecule has 2 aliphatic carbocycles. The van der Waals surface area contributed by atoms with E-state index in [0.29, 0.717) is 11.6 Å². The Morgan fingerprint density at radius 3 is 2.27 bits per heavy atom. The fourth-order valence-corrected chi connectivity index (χ4v) is 7.26. The molecule has 0 spiro atoms. The maximum Gasteiger partial charge on any atom is 0.0720 e. The minimum atomic E-state index is 0.280. The number of para-hydroxylation sites is 2. The highest BCUT2D eigenvalue weighted by atomic mass is 15.2. The molecule has 45 heavy (non-hydrogen) atoms. The first-order valence-electron chi connectivity index (χ1n) is 15.7. The third-order valence-electron chi connectivity index (χ3n) is 9.22. The van der Waals surface area contributed by atoms with Crippen LogP contribution in [0.4, 0.5) is 5.69 Å². The molecular weight excluding hydrogens is 548 g/mol. The van der Waals surface area contributed by atoms with Gasteiger partial charge in [0.05, 0.1) is 28.5 Å². The van der Waals surface area contributed by atoms with E-state index in [0.717, 1.165) is 52.1 Å². The number of aliphatic imine (C=N–C) groups is 1. The fourth-order valence-electron chi connectivity index (χ4n) is 7.26. The van der Waals surface area contributed by atoms with Crippen LogP contribution in [0.15, 0.2) is 156 Å². The van der Waals surface area contributed by atoms with E-state index in [1.807, 2.05) is 31.3 Å². The number of benzene rings is 4. The predicted octanol–water partition coefficient (Wildman–Crippen LogP) is 9.82. The Bertz CT molecular complexity index is 2110. The summed E-state index contributed by atoms with van der Waals surface area (Å²) in [6.07, 6.45) is 19.5. The van der Waals surface area contributed by atoms with Crippen molar-refractivity contribution < 1.29 is 0 Å². The van der Waals surface area contributed by atoms with Crippen molar-refractivity contribution in [3.05, 3.63) is 162 Å². The van der Waals surface area contributed by atoms with Gasteiger partial charge in [-0.15, -0.1) is 0 Å². The Morgan fingerprint density at radius 1 is 0.800 bits per heavy atom. The van der Waals surface area contributed by atoms with Crippen LogP contribution in [0.1, 0.15) is 30.9 Å². The van der Waals surface area contributed by atoms with E-state index < -0.39 is 0 Å². The van der Waals surface area contributed by atoms with Crippen LogP contribution in [0.25, 0.3) is 33.2 Å². The van der Waals surface area contributed by atoms with Crippen LogP contribution in [0.2, 0.25) is 0 Å². The van der Waals surface area contributed by atoms with Crippen molar-refractivity contribution >= 4 is 45.1 Å². The summed E-state index contributed by atoms with van der Waals surface area (Å²) in [5.74, 6) is 0.414. The van der Waals surface area contributed by atoms with Gasteiger partial charge in [-0.05, 0) is 73.9 Å². The Hall–Kier alpha value is -5.48. The molecule has 4 nitrogen and oxygen atoms in total. The average Bonchev–Trinajstić information content (AvgIpc) is 3.61. The van der Waals surface area contributed by atoms with Gasteiger partial charge in [-0.3, -0.25) is 4.99 Å². The van der Waals surface area contributed by atoms with Gasteiger partial charge in [0.1, 0.15) is 0 Å². The molecule has 4 heteroatoms. The van der Waals surface area contributed by atoms with E-state index in [-0.39, 0.29) is 6.04 Å². The molecule has 5 aromatic rings. The minimum Gasteiger partial charge on any atom is -0.334 e. The van der Waals surface area contributed by atoms with Crippen molar-refractivity contribution in [2.45, 2.75) is 25.8 Å². The number of anilines is 1. The standard InChI is InChI=1S/C41H34N4/c1-2-43-37(29-14-12-16-31(26-29)45-40-23-9-5-19-34(40)35-20-6-10-24-41(35)45)27-36(42)28-13-11-15-30(25-28)44-38-21-7-3-17-32(38)33-18-4-8-22-39(33)44/h2-5,7-19,21-27,34,40,42H,6,20H2,1H3/b37-27-,42-36?,43-2?. The largest absolute Gasteiger partial charge is 0.334 e. The topological polar surface area (TPSA) is 44.4 Å². The van der Waals surface area contributed by atoms with Crippen LogP contribution in [0, 0.1) is 11.3 Å². The van der Waals surface area contributed by atoms with Gasteiger partial charge in [0, 0.05) is 51.1 Å². The molecule has 1 aromatic heterocycles. The van der Waals surface area contributed by atoms with Gasteiger partial charge >= 0.3 is 0 Å². The molecule has 3 aliphatic rings. The van der Waals surface area contributed by atoms with E-state index in [1.54, 1.807) is 0 Å². The van der Waals surface area contributed by atoms with Gasteiger partial charge < -0.3 is 14.9 Å². The highest BCUT2D eigenvalue weighted by Crippen LogP contribution is 2.45. The molecule has 218 valence electrons. The molecule has 0 saturated carbocycles. The fraction of sp³-hybridized carbons (Fsp3) is 0.122. The van der Waals surface area contributed by atoms with Crippen LogP contribution in [-0.2, 0) is 0 Å². The first kappa shape index (κ1) is 27.1. The lowest BCUT2D eigenvalue weighted by atomic mass is 9.87. The van der Waals surface area contributed by atoms with Gasteiger partial charge in [0.15, 0.2) is 0 Å². The summed E-state index contributed by atoms with van der Waals surface area (Å²) in [5.41, 5.74) is 10.4. The molecule has 0 saturated heterocycles. The Balaban J connectivity index is 1.16. The summed E-state index contributed by atoms with van der Waals surface area (Å²) in [5, 5.41) is 11.6. The zero-order valence-corrected chi connectivity index (χ0v) is 25.3. The van der Waals surface area contributed by atoms with E-state index in [1.165, 1.54) is 22.0 Å². The Morgan fingerprint density at radius 2 is 1.49 bits per heavy atom. The van der Waals surface area contributed by atoms with Gasteiger partial charge in [-0.2, -0.15) is 0 Å². The lowest BCUT2D eigenvalue weighted by molar-refractivity contribution is 0.658. The molecule has 1 aliphatic heterocycles.